The summed E-state index contributed by atoms with van der Waals surface area (Å²) in [5, 5.41) is 4.82. The molecule has 146 valence electrons. The number of aromatic nitrogens is 3. The van der Waals surface area contributed by atoms with E-state index in [1.165, 1.54) is 29.3 Å². The Bertz CT molecular complexity index is 1100. The Balaban J connectivity index is 1.37. The normalized spacial score (nSPS) is 13.9. The van der Waals surface area contributed by atoms with E-state index < -0.39 is 0 Å². The van der Waals surface area contributed by atoms with Crippen LogP contribution in [0.3, 0.4) is 0 Å². The second-order valence-corrected chi connectivity index (χ2v) is 7.53. The van der Waals surface area contributed by atoms with E-state index in [0.29, 0.717) is 0 Å². The number of hydrogen-bond donors (Lipinski definition) is 2. The number of hydrogen-bond acceptors (Lipinski definition) is 4. The maximum atomic E-state index is 4.85. The molecule has 0 atom stereocenters. The van der Waals surface area contributed by atoms with Crippen LogP contribution in [0, 0.1) is 0 Å². The van der Waals surface area contributed by atoms with Gasteiger partial charge in [-0.25, -0.2) is 4.98 Å². The van der Waals surface area contributed by atoms with Gasteiger partial charge in [0.05, 0.1) is 5.69 Å². The monoisotopic (exact) mass is 383 g/mol. The zero-order valence-electron chi connectivity index (χ0n) is 16.4. The van der Waals surface area contributed by atoms with Crippen molar-refractivity contribution >= 4 is 22.7 Å². The lowest BCUT2D eigenvalue weighted by atomic mass is 10.1. The lowest BCUT2D eigenvalue weighted by Crippen LogP contribution is -2.21. The van der Waals surface area contributed by atoms with E-state index in [9.17, 15) is 0 Å². The minimum Gasteiger partial charge on any atom is -0.370 e. The van der Waals surface area contributed by atoms with Crippen LogP contribution in [0.1, 0.15) is 18.4 Å². The molecule has 2 aromatic carbocycles. The van der Waals surface area contributed by atoms with Gasteiger partial charge in [0, 0.05) is 48.4 Å². The molecule has 0 amide bonds. The molecule has 5 nitrogen and oxygen atoms in total. The maximum Gasteiger partial charge on any atom is 0.227 e. The highest BCUT2D eigenvalue weighted by molar-refractivity contribution is 5.83. The first-order valence-electron chi connectivity index (χ1n) is 10.4. The number of H-pyrrole nitrogens is 1. The molecule has 29 heavy (non-hydrogen) atoms. The number of benzene rings is 2. The fourth-order valence-electron chi connectivity index (χ4n) is 4.00. The highest BCUT2D eigenvalue weighted by atomic mass is 15.3. The van der Waals surface area contributed by atoms with Crippen LogP contribution in [0.15, 0.2) is 66.9 Å². The number of rotatable bonds is 6. The Morgan fingerprint density at radius 2 is 1.72 bits per heavy atom. The molecule has 4 aromatic rings. The van der Waals surface area contributed by atoms with E-state index in [1.807, 2.05) is 6.07 Å². The largest absolute Gasteiger partial charge is 0.370 e. The Morgan fingerprint density at radius 1 is 0.931 bits per heavy atom. The molecule has 0 bridgehead atoms. The van der Waals surface area contributed by atoms with Gasteiger partial charge >= 0.3 is 0 Å². The summed E-state index contributed by atoms with van der Waals surface area (Å²) >= 11 is 0. The smallest absolute Gasteiger partial charge is 0.227 e. The Kier molecular flexibility index (Phi) is 4.87. The number of anilines is 2. The Hall–Kier alpha value is -3.34. The van der Waals surface area contributed by atoms with E-state index >= 15 is 0 Å². The summed E-state index contributed by atoms with van der Waals surface area (Å²) in [6.45, 7) is 2.90. The van der Waals surface area contributed by atoms with Crippen molar-refractivity contribution < 1.29 is 0 Å². The molecule has 3 heterocycles. The van der Waals surface area contributed by atoms with Crippen molar-refractivity contribution in [3.63, 3.8) is 0 Å². The van der Waals surface area contributed by atoms with E-state index in [0.717, 1.165) is 49.1 Å². The SMILES string of the molecule is c1ccc(-c2cc(NCCc3c[nH]c4ccccc34)nc(N3CCCC3)n2)cc1. The third kappa shape index (κ3) is 3.81. The van der Waals surface area contributed by atoms with Crippen molar-refractivity contribution in [1.82, 2.24) is 15.0 Å². The van der Waals surface area contributed by atoms with Crippen molar-refractivity contribution in [2.24, 2.45) is 0 Å². The minimum atomic E-state index is 0.826. The molecule has 1 aliphatic rings. The first kappa shape index (κ1) is 17.7. The van der Waals surface area contributed by atoms with Crippen LogP contribution in [0.5, 0.6) is 0 Å². The first-order chi connectivity index (χ1) is 14.4. The summed E-state index contributed by atoms with van der Waals surface area (Å²) < 4.78 is 0. The van der Waals surface area contributed by atoms with Crippen LogP contribution in [0.2, 0.25) is 0 Å². The van der Waals surface area contributed by atoms with Crippen molar-refractivity contribution in [1.29, 1.82) is 0 Å². The van der Waals surface area contributed by atoms with Gasteiger partial charge in [-0.3, -0.25) is 0 Å². The number of fused-ring (bicyclic) bond motifs is 1. The summed E-state index contributed by atoms with van der Waals surface area (Å²) in [6, 6.07) is 20.8. The highest BCUT2D eigenvalue weighted by Gasteiger charge is 2.17. The summed E-state index contributed by atoms with van der Waals surface area (Å²) in [7, 11) is 0. The van der Waals surface area contributed by atoms with E-state index in [1.54, 1.807) is 0 Å². The van der Waals surface area contributed by atoms with Crippen molar-refractivity contribution in [2.45, 2.75) is 19.3 Å². The average Bonchev–Trinajstić information content (AvgIpc) is 3.45. The topological polar surface area (TPSA) is 56.8 Å². The highest BCUT2D eigenvalue weighted by Crippen LogP contribution is 2.25. The van der Waals surface area contributed by atoms with Gasteiger partial charge in [-0.05, 0) is 30.9 Å². The lowest BCUT2D eigenvalue weighted by Gasteiger charge is -2.18. The van der Waals surface area contributed by atoms with Crippen molar-refractivity contribution in [3.8, 4) is 11.3 Å². The van der Waals surface area contributed by atoms with Crippen molar-refractivity contribution in [3.05, 3.63) is 72.4 Å². The first-order valence-corrected chi connectivity index (χ1v) is 10.4. The van der Waals surface area contributed by atoms with Crippen LogP contribution in [-0.2, 0) is 6.42 Å². The predicted octanol–water partition coefficient (Wildman–Crippen LogP) is 4.88. The summed E-state index contributed by atoms with van der Waals surface area (Å²) in [5.74, 6) is 1.72. The summed E-state index contributed by atoms with van der Waals surface area (Å²) in [5.41, 5.74) is 4.60. The molecule has 0 saturated carbocycles. The predicted molar refractivity (Wildman–Crippen MR) is 119 cm³/mol. The van der Waals surface area contributed by atoms with Gasteiger partial charge in [0.1, 0.15) is 5.82 Å². The quantitative estimate of drug-likeness (QED) is 0.498. The van der Waals surface area contributed by atoms with Crippen LogP contribution >= 0.6 is 0 Å². The van der Waals surface area contributed by atoms with Gasteiger partial charge in [-0.1, -0.05) is 48.5 Å². The molecule has 1 fully saturated rings. The molecule has 0 radical (unpaired) electrons. The molecule has 1 aliphatic heterocycles. The molecule has 5 rings (SSSR count). The Morgan fingerprint density at radius 3 is 2.59 bits per heavy atom. The zero-order valence-corrected chi connectivity index (χ0v) is 16.4. The second-order valence-electron chi connectivity index (χ2n) is 7.53. The lowest BCUT2D eigenvalue weighted by molar-refractivity contribution is 0.896. The molecule has 5 heteroatoms. The summed E-state index contributed by atoms with van der Waals surface area (Å²) in [4.78, 5) is 15.3. The van der Waals surface area contributed by atoms with Gasteiger partial charge in [-0.2, -0.15) is 4.98 Å². The van der Waals surface area contributed by atoms with E-state index in [-0.39, 0.29) is 0 Å². The molecule has 0 aliphatic carbocycles. The molecule has 0 spiro atoms. The standard InChI is InChI=1S/C24H25N5/c1-2-8-18(9-3-1)22-16-23(28-24(27-22)29-14-6-7-15-29)25-13-12-19-17-26-21-11-5-4-10-20(19)21/h1-5,8-11,16-17,26H,6-7,12-15H2,(H,25,27,28). The molecule has 1 saturated heterocycles. The maximum absolute atomic E-state index is 4.85. The number of nitrogens with one attached hydrogen (secondary N) is 2. The fraction of sp³-hybridized carbons (Fsp3) is 0.250. The third-order valence-corrected chi connectivity index (χ3v) is 5.55. The minimum absolute atomic E-state index is 0.826. The van der Waals surface area contributed by atoms with Gasteiger partial charge in [0.15, 0.2) is 0 Å². The Labute approximate surface area is 170 Å². The number of aromatic amines is 1. The molecular weight excluding hydrogens is 358 g/mol. The number of para-hydroxylation sites is 1. The van der Waals surface area contributed by atoms with Gasteiger partial charge < -0.3 is 15.2 Å². The van der Waals surface area contributed by atoms with E-state index in [2.05, 4.69) is 76.0 Å². The van der Waals surface area contributed by atoms with Gasteiger partial charge in [-0.15, -0.1) is 0 Å². The molecular formula is C24H25N5. The third-order valence-electron chi connectivity index (χ3n) is 5.55. The zero-order chi connectivity index (χ0) is 19.5. The van der Waals surface area contributed by atoms with Crippen LogP contribution in [0.25, 0.3) is 22.2 Å². The van der Waals surface area contributed by atoms with Gasteiger partial charge in [0.25, 0.3) is 0 Å². The molecule has 2 N–H and O–H groups in total. The summed E-state index contributed by atoms with van der Waals surface area (Å²) in [6.07, 6.45) is 5.47. The van der Waals surface area contributed by atoms with Crippen LogP contribution in [-0.4, -0.2) is 34.6 Å². The molecule has 2 aromatic heterocycles. The number of nitrogens with zero attached hydrogens (tertiary/aromatic N) is 3. The second kappa shape index (κ2) is 7.95. The van der Waals surface area contributed by atoms with Gasteiger partial charge in [0.2, 0.25) is 5.95 Å². The average molecular weight is 383 g/mol. The molecule has 0 unspecified atom stereocenters. The van der Waals surface area contributed by atoms with E-state index in [4.69, 9.17) is 9.97 Å². The van der Waals surface area contributed by atoms with Crippen LogP contribution in [0.4, 0.5) is 11.8 Å². The van der Waals surface area contributed by atoms with Crippen molar-refractivity contribution in [2.75, 3.05) is 29.9 Å². The van der Waals surface area contributed by atoms with Crippen LogP contribution < -0.4 is 10.2 Å². The fourth-order valence-corrected chi connectivity index (χ4v) is 4.00.